The van der Waals surface area contributed by atoms with Crippen LogP contribution in [0.2, 0.25) is 0 Å². The van der Waals surface area contributed by atoms with Gasteiger partial charge in [-0.15, -0.1) is 11.3 Å². The maximum absolute atomic E-state index is 11.8. The number of anilines is 2. The zero-order valence-corrected chi connectivity index (χ0v) is 14.0. The van der Waals surface area contributed by atoms with Crippen LogP contribution in [0.3, 0.4) is 0 Å². The van der Waals surface area contributed by atoms with E-state index in [1.807, 2.05) is 19.2 Å². The summed E-state index contributed by atoms with van der Waals surface area (Å²) in [5.74, 6) is -0.893. The van der Waals surface area contributed by atoms with Crippen molar-refractivity contribution in [3.63, 3.8) is 0 Å². The smallest absolute Gasteiger partial charge is 0.299 e. The number of benzene rings is 1. The molecule has 0 fully saturated rings. The molecule has 0 aliphatic carbocycles. The van der Waals surface area contributed by atoms with Gasteiger partial charge in [-0.2, -0.15) is 0 Å². The van der Waals surface area contributed by atoms with Crippen molar-refractivity contribution in [2.24, 2.45) is 0 Å². The molecule has 1 aliphatic rings. The number of ketones is 1. The van der Waals surface area contributed by atoms with Crippen molar-refractivity contribution in [1.29, 1.82) is 0 Å². The van der Waals surface area contributed by atoms with Crippen LogP contribution in [-0.2, 0) is 11.3 Å². The minimum atomic E-state index is -0.466. The van der Waals surface area contributed by atoms with Crippen LogP contribution in [0.25, 0.3) is 0 Å². The molecule has 0 bridgehead atoms. The Morgan fingerprint density at radius 1 is 1.29 bits per heavy atom. The highest BCUT2D eigenvalue weighted by Crippen LogP contribution is 2.32. The van der Waals surface area contributed by atoms with E-state index in [-0.39, 0.29) is 0 Å². The van der Waals surface area contributed by atoms with Crippen molar-refractivity contribution in [2.45, 2.75) is 6.54 Å². The van der Waals surface area contributed by atoms with Crippen LogP contribution in [0.5, 0.6) is 0 Å². The number of rotatable bonds is 3. The molecule has 0 unspecified atom stereocenters. The molecule has 0 saturated heterocycles. The van der Waals surface area contributed by atoms with Crippen LogP contribution in [0.15, 0.2) is 33.4 Å². The predicted molar refractivity (Wildman–Crippen MR) is 88.3 cm³/mol. The number of likely N-dealkylation sites (N-methyl/N-ethyl adjacent to an activating group) is 1. The zero-order valence-electron chi connectivity index (χ0n) is 11.6. The van der Waals surface area contributed by atoms with Crippen LogP contribution < -0.4 is 9.80 Å². The fourth-order valence-electron chi connectivity index (χ4n) is 2.40. The van der Waals surface area contributed by atoms with Gasteiger partial charge in [0.15, 0.2) is 0 Å². The minimum Gasteiger partial charge on any atom is -0.370 e. The third kappa shape index (κ3) is 2.49. The molecule has 0 saturated carbocycles. The SMILES string of the molecule is CN(Cc1csc(Br)c1)c1ccc2c(c1)N(C)C(=O)C2=O. The maximum Gasteiger partial charge on any atom is 0.299 e. The van der Waals surface area contributed by atoms with Gasteiger partial charge in [-0.3, -0.25) is 9.59 Å². The van der Waals surface area contributed by atoms with E-state index in [1.54, 1.807) is 24.5 Å². The van der Waals surface area contributed by atoms with Crippen molar-refractivity contribution >= 4 is 50.3 Å². The number of carbonyl (C=O) groups excluding carboxylic acids is 2. The highest BCUT2D eigenvalue weighted by atomic mass is 79.9. The highest BCUT2D eigenvalue weighted by molar-refractivity contribution is 9.11. The first-order chi connectivity index (χ1) is 9.97. The molecule has 1 amide bonds. The van der Waals surface area contributed by atoms with Gasteiger partial charge in [0.25, 0.3) is 11.7 Å². The van der Waals surface area contributed by atoms with Crippen LogP contribution >= 0.6 is 27.3 Å². The molecular weight excluding hydrogens is 352 g/mol. The summed E-state index contributed by atoms with van der Waals surface area (Å²) < 4.78 is 1.11. The summed E-state index contributed by atoms with van der Waals surface area (Å²) in [5, 5.41) is 2.10. The number of hydrogen-bond acceptors (Lipinski definition) is 4. The van der Waals surface area contributed by atoms with E-state index in [4.69, 9.17) is 0 Å². The molecule has 0 radical (unpaired) electrons. The first-order valence-corrected chi connectivity index (χ1v) is 8.05. The first-order valence-electron chi connectivity index (χ1n) is 6.38. The fourth-order valence-corrected chi connectivity index (χ4v) is 3.60. The molecule has 2 heterocycles. The number of fused-ring (bicyclic) bond motifs is 1. The van der Waals surface area contributed by atoms with E-state index < -0.39 is 11.7 Å². The van der Waals surface area contributed by atoms with Gasteiger partial charge in [0, 0.05) is 26.3 Å². The van der Waals surface area contributed by atoms with Gasteiger partial charge in [-0.25, -0.2) is 0 Å². The number of amides is 1. The van der Waals surface area contributed by atoms with Gasteiger partial charge < -0.3 is 9.80 Å². The van der Waals surface area contributed by atoms with Crippen molar-refractivity contribution in [2.75, 3.05) is 23.9 Å². The summed E-state index contributed by atoms with van der Waals surface area (Å²) in [6.07, 6.45) is 0. The second-order valence-electron chi connectivity index (χ2n) is 5.01. The Morgan fingerprint density at radius 2 is 2.05 bits per heavy atom. The number of nitrogens with zero attached hydrogens (tertiary/aromatic N) is 2. The summed E-state index contributed by atoms with van der Waals surface area (Å²) in [6, 6.07) is 7.59. The standard InChI is InChI=1S/C15H13BrN2O2S/c1-17(7-9-5-13(16)21-8-9)10-3-4-11-12(6-10)18(2)15(20)14(11)19/h3-6,8H,7H2,1-2H3. The average molecular weight is 365 g/mol. The second kappa shape index (κ2) is 5.27. The van der Waals surface area contributed by atoms with Crippen LogP contribution in [0.4, 0.5) is 11.4 Å². The molecule has 1 aromatic heterocycles. The lowest BCUT2D eigenvalue weighted by Crippen LogP contribution is -2.24. The Hall–Kier alpha value is -1.66. The summed E-state index contributed by atoms with van der Waals surface area (Å²) >= 11 is 5.11. The Balaban J connectivity index is 1.87. The first kappa shape index (κ1) is 14.3. The van der Waals surface area contributed by atoms with Gasteiger partial charge in [0.05, 0.1) is 15.0 Å². The average Bonchev–Trinajstić information content (AvgIpc) is 2.97. The van der Waals surface area contributed by atoms with E-state index in [0.717, 1.165) is 16.0 Å². The van der Waals surface area contributed by atoms with Gasteiger partial charge in [-0.1, -0.05) is 0 Å². The Morgan fingerprint density at radius 3 is 2.71 bits per heavy atom. The minimum absolute atomic E-state index is 0.427. The predicted octanol–water partition coefficient (Wildman–Crippen LogP) is 3.31. The van der Waals surface area contributed by atoms with Crippen molar-refractivity contribution in [3.05, 3.63) is 44.6 Å². The molecule has 1 aromatic carbocycles. The Kier molecular flexibility index (Phi) is 3.59. The molecular formula is C15H13BrN2O2S. The molecule has 2 aromatic rings. The molecule has 21 heavy (non-hydrogen) atoms. The molecule has 0 spiro atoms. The fraction of sp³-hybridized carbons (Fsp3) is 0.200. The monoisotopic (exact) mass is 364 g/mol. The molecule has 0 atom stereocenters. The van der Waals surface area contributed by atoms with Crippen LogP contribution in [0, 0.1) is 0 Å². The summed E-state index contributed by atoms with van der Waals surface area (Å²) in [7, 11) is 3.62. The highest BCUT2D eigenvalue weighted by Gasteiger charge is 2.33. The number of carbonyl (C=O) groups is 2. The summed E-state index contributed by atoms with van der Waals surface area (Å²) in [4.78, 5) is 27.0. The summed E-state index contributed by atoms with van der Waals surface area (Å²) in [5.41, 5.74) is 3.36. The summed E-state index contributed by atoms with van der Waals surface area (Å²) in [6.45, 7) is 0.770. The van der Waals surface area contributed by atoms with Crippen molar-refractivity contribution < 1.29 is 9.59 Å². The van der Waals surface area contributed by atoms with Crippen molar-refractivity contribution in [1.82, 2.24) is 0 Å². The molecule has 6 heteroatoms. The van der Waals surface area contributed by atoms with E-state index in [1.165, 1.54) is 10.5 Å². The quantitative estimate of drug-likeness (QED) is 0.784. The van der Waals surface area contributed by atoms with E-state index >= 15 is 0 Å². The molecule has 4 nitrogen and oxygen atoms in total. The third-order valence-corrected chi connectivity index (χ3v) is 5.12. The number of thiophene rings is 1. The van der Waals surface area contributed by atoms with E-state index in [9.17, 15) is 9.59 Å². The Labute approximate surface area is 135 Å². The molecule has 108 valence electrons. The van der Waals surface area contributed by atoms with E-state index in [2.05, 4.69) is 32.3 Å². The van der Waals surface area contributed by atoms with Gasteiger partial charge in [0.2, 0.25) is 0 Å². The largest absolute Gasteiger partial charge is 0.370 e. The molecule has 3 rings (SSSR count). The van der Waals surface area contributed by atoms with Gasteiger partial charge in [-0.05, 0) is 51.1 Å². The van der Waals surface area contributed by atoms with Crippen molar-refractivity contribution in [3.8, 4) is 0 Å². The second-order valence-corrected chi connectivity index (χ2v) is 7.30. The van der Waals surface area contributed by atoms with Gasteiger partial charge in [0.1, 0.15) is 0 Å². The van der Waals surface area contributed by atoms with E-state index in [0.29, 0.717) is 11.3 Å². The third-order valence-electron chi connectivity index (χ3n) is 3.57. The number of Topliss-reactive ketones (excluding diaryl/α,β-unsaturated/α-hetero) is 1. The molecule has 0 N–H and O–H groups in total. The topological polar surface area (TPSA) is 40.6 Å². The Bertz CT molecular complexity index is 741. The lowest BCUT2D eigenvalue weighted by Gasteiger charge is -2.20. The normalized spacial score (nSPS) is 13.8. The lowest BCUT2D eigenvalue weighted by atomic mass is 10.1. The lowest BCUT2D eigenvalue weighted by molar-refractivity contribution is -0.114. The number of hydrogen-bond donors (Lipinski definition) is 0. The van der Waals surface area contributed by atoms with Gasteiger partial charge >= 0.3 is 0 Å². The zero-order chi connectivity index (χ0) is 15.1. The molecule has 1 aliphatic heterocycles. The number of halogens is 1. The van der Waals surface area contributed by atoms with Crippen LogP contribution in [-0.4, -0.2) is 25.8 Å². The maximum atomic E-state index is 11.8. The van der Waals surface area contributed by atoms with Crippen LogP contribution in [0.1, 0.15) is 15.9 Å².